The summed E-state index contributed by atoms with van der Waals surface area (Å²) in [7, 11) is 0. The summed E-state index contributed by atoms with van der Waals surface area (Å²) < 4.78 is 1.26. The zero-order valence-corrected chi connectivity index (χ0v) is 34.8. The van der Waals surface area contributed by atoms with E-state index < -0.39 is 0 Å². The van der Waals surface area contributed by atoms with Crippen LogP contribution in [-0.2, 0) is 0 Å². The fourth-order valence-corrected chi connectivity index (χ4v) is 10.9. The predicted octanol–water partition coefficient (Wildman–Crippen LogP) is 16.3. The van der Waals surface area contributed by atoms with Crippen molar-refractivity contribution in [3.05, 3.63) is 212 Å². The molecule has 3 nitrogen and oxygen atoms in total. The molecule has 0 spiro atoms. The Kier molecular flexibility index (Phi) is 8.08. The van der Waals surface area contributed by atoms with Gasteiger partial charge in [0.1, 0.15) is 4.83 Å². The molecule has 4 heteroatoms. The van der Waals surface area contributed by atoms with Gasteiger partial charge in [0.2, 0.25) is 0 Å². The molecule has 0 aliphatic heterocycles. The lowest BCUT2D eigenvalue weighted by molar-refractivity contribution is 1.19. The summed E-state index contributed by atoms with van der Waals surface area (Å²) >= 11 is 1.77. The van der Waals surface area contributed by atoms with Gasteiger partial charge < -0.3 is 0 Å². The van der Waals surface area contributed by atoms with Gasteiger partial charge in [0.25, 0.3) is 0 Å². The van der Waals surface area contributed by atoms with Crippen LogP contribution in [0, 0.1) is 0 Å². The molecular weight excluding hydrogens is 783 g/mol. The van der Waals surface area contributed by atoms with E-state index >= 15 is 0 Å². The number of benzene rings is 10. The second-order valence-electron chi connectivity index (χ2n) is 16.3. The van der Waals surface area contributed by atoms with Crippen molar-refractivity contribution in [3.8, 4) is 56.3 Å². The van der Waals surface area contributed by atoms with Gasteiger partial charge in [0.05, 0.1) is 17.1 Å². The highest BCUT2D eigenvalue weighted by molar-refractivity contribution is 7.25. The summed E-state index contributed by atoms with van der Waals surface area (Å²) in [6.07, 6.45) is 0. The van der Waals surface area contributed by atoms with Gasteiger partial charge in [0, 0.05) is 43.1 Å². The van der Waals surface area contributed by atoms with Gasteiger partial charge in [-0.05, 0) is 83.9 Å². The summed E-state index contributed by atoms with van der Waals surface area (Å²) in [4.78, 5) is 17.0. The second-order valence-corrected chi connectivity index (χ2v) is 17.3. The minimum absolute atomic E-state index is 0.697. The Bertz CT molecular complexity index is 3950. The van der Waals surface area contributed by atoms with Crippen LogP contribution in [0.15, 0.2) is 212 Å². The molecule has 0 saturated heterocycles. The smallest absolute Gasteiger partial charge is 0.160 e. The van der Waals surface area contributed by atoms with E-state index in [1.165, 1.54) is 53.2 Å². The minimum Gasteiger partial charge on any atom is -0.236 e. The van der Waals surface area contributed by atoms with Gasteiger partial charge >= 0.3 is 0 Å². The van der Waals surface area contributed by atoms with Gasteiger partial charge in [0.15, 0.2) is 5.82 Å². The molecule has 3 heterocycles. The SMILES string of the molecule is c1ccc(-c2nc(-c3ccc4c5ccccc5c5ccccc5c4c3)cc(-c3ccc(-c4cccc(-c5nc6sc7ccccc7c6c6ccccc56)c4)c4ccccc34)n2)cc1. The normalized spacial score (nSPS) is 11.8. The van der Waals surface area contributed by atoms with E-state index in [1.807, 2.05) is 6.07 Å². The number of pyridine rings is 1. The Labute approximate surface area is 367 Å². The number of thiophene rings is 1. The van der Waals surface area contributed by atoms with Crippen LogP contribution in [0.2, 0.25) is 0 Å². The standard InChI is InChI=1S/C59H35N3S/c1-2-15-36(16-3-1)58-60-53(38-29-30-47-44-22-6-5-20-42(44)43-21-7-9-24-46(43)52(47)34-38)35-54(61-58)48-32-31-40(41-19-4-8-23-45(41)48)37-17-14-18-39(33-37)57-50-26-11-10-25-49(50)56-51-27-12-13-28-55(51)63-59(56)62-57/h1-35H. The Balaban J connectivity index is 0.973. The third-order valence-corrected chi connectivity index (χ3v) is 13.8. The first-order valence-electron chi connectivity index (χ1n) is 21.3. The number of hydrogen-bond donors (Lipinski definition) is 0. The van der Waals surface area contributed by atoms with Crippen molar-refractivity contribution in [3.63, 3.8) is 0 Å². The average molecular weight is 818 g/mol. The van der Waals surface area contributed by atoms with E-state index in [-0.39, 0.29) is 0 Å². The van der Waals surface area contributed by atoms with E-state index in [1.54, 1.807) is 11.3 Å². The van der Waals surface area contributed by atoms with Crippen LogP contribution in [0.25, 0.3) is 130 Å². The molecule has 3 aromatic heterocycles. The van der Waals surface area contributed by atoms with Gasteiger partial charge in [-0.15, -0.1) is 11.3 Å². The van der Waals surface area contributed by atoms with Gasteiger partial charge in [-0.25, -0.2) is 15.0 Å². The zero-order valence-electron chi connectivity index (χ0n) is 34.0. The maximum absolute atomic E-state index is 5.38. The molecule has 0 radical (unpaired) electrons. The lowest BCUT2D eigenvalue weighted by Gasteiger charge is -2.15. The topological polar surface area (TPSA) is 38.7 Å². The molecule has 0 fully saturated rings. The van der Waals surface area contributed by atoms with Crippen molar-refractivity contribution >= 4 is 85.5 Å². The largest absolute Gasteiger partial charge is 0.236 e. The Morgan fingerprint density at radius 2 is 0.825 bits per heavy atom. The van der Waals surface area contributed by atoms with Crippen molar-refractivity contribution in [2.45, 2.75) is 0 Å². The van der Waals surface area contributed by atoms with Crippen molar-refractivity contribution < 1.29 is 0 Å². The fraction of sp³-hybridized carbons (Fsp3) is 0. The van der Waals surface area contributed by atoms with Crippen LogP contribution in [0.4, 0.5) is 0 Å². The van der Waals surface area contributed by atoms with Crippen LogP contribution in [0.5, 0.6) is 0 Å². The zero-order chi connectivity index (χ0) is 41.4. The first-order chi connectivity index (χ1) is 31.2. The van der Waals surface area contributed by atoms with Crippen molar-refractivity contribution in [2.75, 3.05) is 0 Å². The van der Waals surface area contributed by atoms with Gasteiger partial charge in [-0.1, -0.05) is 188 Å². The van der Waals surface area contributed by atoms with Crippen LogP contribution in [0.3, 0.4) is 0 Å². The molecular formula is C59H35N3S. The molecule has 0 aliphatic carbocycles. The molecule has 63 heavy (non-hydrogen) atoms. The van der Waals surface area contributed by atoms with Crippen LogP contribution in [-0.4, -0.2) is 15.0 Å². The average Bonchev–Trinajstić information content (AvgIpc) is 3.75. The summed E-state index contributed by atoms with van der Waals surface area (Å²) in [5.41, 5.74) is 9.26. The van der Waals surface area contributed by atoms with Crippen LogP contribution in [0.1, 0.15) is 0 Å². The summed E-state index contributed by atoms with van der Waals surface area (Å²) in [6.45, 7) is 0. The quantitative estimate of drug-likeness (QED) is 0.162. The number of hydrogen-bond acceptors (Lipinski definition) is 4. The highest BCUT2D eigenvalue weighted by Gasteiger charge is 2.19. The van der Waals surface area contributed by atoms with E-state index in [0.29, 0.717) is 5.82 Å². The highest BCUT2D eigenvalue weighted by atomic mass is 32.1. The third-order valence-electron chi connectivity index (χ3n) is 12.7. The lowest BCUT2D eigenvalue weighted by Crippen LogP contribution is -1.97. The van der Waals surface area contributed by atoms with Crippen molar-refractivity contribution in [2.24, 2.45) is 0 Å². The van der Waals surface area contributed by atoms with E-state index in [4.69, 9.17) is 15.0 Å². The Morgan fingerprint density at radius 1 is 0.286 bits per heavy atom. The number of aromatic nitrogens is 3. The number of rotatable bonds is 5. The Hall–Kier alpha value is -8.05. The molecule has 0 aliphatic rings. The van der Waals surface area contributed by atoms with E-state index in [9.17, 15) is 0 Å². The van der Waals surface area contributed by atoms with Crippen molar-refractivity contribution in [1.29, 1.82) is 0 Å². The lowest BCUT2D eigenvalue weighted by atomic mass is 9.91. The van der Waals surface area contributed by atoms with E-state index in [2.05, 4.69) is 206 Å². The molecule has 13 rings (SSSR count). The van der Waals surface area contributed by atoms with Gasteiger partial charge in [-0.2, -0.15) is 0 Å². The third kappa shape index (κ3) is 5.76. The fourth-order valence-electron chi connectivity index (χ4n) is 9.79. The monoisotopic (exact) mass is 817 g/mol. The molecule has 0 bridgehead atoms. The summed E-state index contributed by atoms with van der Waals surface area (Å²) in [5.74, 6) is 0.697. The molecule has 292 valence electrons. The van der Waals surface area contributed by atoms with Gasteiger partial charge in [-0.3, -0.25) is 0 Å². The molecule has 13 aromatic rings. The molecule has 0 unspecified atom stereocenters. The number of fused-ring (bicyclic) bond motifs is 12. The molecule has 0 atom stereocenters. The summed E-state index contributed by atoms with van der Waals surface area (Å²) in [5, 5.41) is 14.7. The molecule has 0 saturated carbocycles. The van der Waals surface area contributed by atoms with E-state index in [0.717, 1.165) is 71.5 Å². The molecule has 0 amide bonds. The Morgan fingerprint density at radius 3 is 1.57 bits per heavy atom. The molecule has 0 N–H and O–H groups in total. The minimum atomic E-state index is 0.697. The second kappa shape index (κ2) is 14.3. The highest BCUT2D eigenvalue weighted by Crippen LogP contribution is 2.43. The maximum atomic E-state index is 5.38. The van der Waals surface area contributed by atoms with Crippen LogP contribution < -0.4 is 0 Å². The number of nitrogens with zero attached hydrogens (tertiary/aromatic N) is 3. The van der Waals surface area contributed by atoms with Crippen LogP contribution >= 0.6 is 11.3 Å². The maximum Gasteiger partial charge on any atom is 0.160 e. The summed E-state index contributed by atoms with van der Waals surface area (Å²) in [6, 6.07) is 76.2. The first-order valence-corrected chi connectivity index (χ1v) is 22.2. The van der Waals surface area contributed by atoms with Crippen molar-refractivity contribution in [1.82, 2.24) is 15.0 Å². The first kappa shape index (κ1) is 35.7. The molecule has 10 aromatic carbocycles. The predicted molar refractivity (Wildman–Crippen MR) is 267 cm³/mol.